The molecule has 3 atom stereocenters. The van der Waals surface area contributed by atoms with E-state index in [2.05, 4.69) is 22.8 Å². The number of benzene rings is 1. The molecule has 1 amide bonds. The van der Waals surface area contributed by atoms with Crippen molar-refractivity contribution in [2.24, 2.45) is 5.92 Å². The van der Waals surface area contributed by atoms with Gasteiger partial charge in [-0.25, -0.2) is 14.6 Å². The first-order valence-corrected chi connectivity index (χ1v) is 13.6. The molecule has 0 saturated heterocycles. The molecule has 1 aromatic heterocycles. The van der Waals surface area contributed by atoms with Crippen molar-refractivity contribution in [3.8, 4) is 0 Å². The molecule has 0 bridgehead atoms. The molecule has 5 rings (SSSR count). The van der Waals surface area contributed by atoms with Crippen LogP contribution in [0.25, 0.3) is 0 Å². The van der Waals surface area contributed by atoms with Gasteiger partial charge in [0.1, 0.15) is 18.0 Å². The molecule has 8 nitrogen and oxygen atoms in total. The molecular formula is C29H37N3O5. The Morgan fingerprint density at radius 1 is 1.14 bits per heavy atom. The van der Waals surface area contributed by atoms with Gasteiger partial charge in [0.15, 0.2) is 0 Å². The molecular weight excluding hydrogens is 470 g/mol. The average Bonchev–Trinajstić information content (AvgIpc) is 2.87. The van der Waals surface area contributed by atoms with Gasteiger partial charge < -0.3 is 25.2 Å². The Hall–Kier alpha value is -3.13. The van der Waals surface area contributed by atoms with E-state index in [0.717, 1.165) is 68.6 Å². The van der Waals surface area contributed by atoms with Gasteiger partial charge in [0.05, 0.1) is 6.10 Å². The van der Waals surface area contributed by atoms with E-state index < -0.39 is 18.1 Å². The van der Waals surface area contributed by atoms with Gasteiger partial charge in [-0.05, 0) is 74.5 Å². The highest BCUT2D eigenvalue weighted by Gasteiger charge is 2.36. The highest BCUT2D eigenvalue weighted by Crippen LogP contribution is 2.39. The van der Waals surface area contributed by atoms with Crippen LogP contribution in [0.3, 0.4) is 0 Å². The summed E-state index contributed by atoms with van der Waals surface area (Å²) in [5, 5.41) is 15.5. The van der Waals surface area contributed by atoms with E-state index in [1.54, 1.807) is 0 Å². The van der Waals surface area contributed by atoms with E-state index in [-0.39, 0.29) is 24.5 Å². The Morgan fingerprint density at radius 3 is 2.73 bits per heavy atom. The number of aromatic nitrogens is 1. The molecule has 2 aliphatic carbocycles. The summed E-state index contributed by atoms with van der Waals surface area (Å²) in [4.78, 5) is 28.8. The summed E-state index contributed by atoms with van der Waals surface area (Å²) in [7, 11) is 0. The van der Waals surface area contributed by atoms with Gasteiger partial charge in [-0.15, -0.1) is 0 Å². The SMILES string of the molecule is O=C(NC(CCO[C@H]1C[C@H](CCc2ccc3c(n2)NCCC3)C1)C(=O)O)OC1CCC1c1ccccc1. The lowest BCUT2D eigenvalue weighted by atomic mass is 9.77. The lowest BCUT2D eigenvalue weighted by Gasteiger charge is -2.36. The molecule has 1 aromatic carbocycles. The molecule has 0 radical (unpaired) electrons. The molecule has 198 valence electrons. The number of aliphatic carboxylic acids is 1. The van der Waals surface area contributed by atoms with Crippen LogP contribution < -0.4 is 10.6 Å². The van der Waals surface area contributed by atoms with Gasteiger partial charge in [-0.1, -0.05) is 36.4 Å². The zero-order valence-electron chi connectivity index (χ0n) is 21.2. The van der Waals surface area contributed by atoms with Gasteiger partial charge >= 0.3 is 12.1 Å². The summed E-state index contributed by atoms with van der Waals surface area (Å²) in [6.45, 7) is 1.29. The Kier molecular flexibility index (Phi) is 8.24. The minimum absolute atomic E-state index is 0.158. The van der Waals surface area contributed by atoms with Crippen LogP contribution >= 0.6 is 0 Å². The highest BCUT2D eigenvalue weighted by molar-refractivity contribution is 5.80. The first-order valence-electron chi connectivity index (χ1n) is 13.6. The van der Waals surface area contributed by atoms with E-state index >= 15 is 0 Å². The first-order chi connectivity index (χ1) is 18.0. The van der Waals surface area contributed by atoms with E-state index in [4.69, 9.17) is 14.5 Å². The second-order valence-corrected chi connectivity index (χ2v) is 10.6. The number of rotatable bonds is 11. The van der Waals surface area contributed by atoms with E-state index in [0.29, 0.717) is 12.5 Å². The third-order valence-corrected chi connectivity index (χ3v) is 8.00. The van der Waals surface area contributed by atoms with Crippen molar-refractivity contribution >= 4 is 17.9 Å². The number of alkyl carbamates (subject to hydrolysis) is 1. The zero-order valence-corrected chi connectivity index (χ0v) is 21.2. The lowest BCUT2D eigenvalue weighted by molar-refractivity contribution is -0.140. The quantitative estimate of drug-likeness (QED) is 0.405. The number of pyridine rings is 1. The minimum atomic E-state index is -1.08. The molecule has 3 unspecified atom stereocenters. The number of nitrogens with zero attached hydrogens (tertiary/aromatic N) is 1. The maximum atomic E-state index is 12.4. The lowest BCUT2D eigenvalue weighted by Crippen LogP contribution is -2.45. The van der Waals surface area contributed by atoms with E-state index in [9.17, 15) is 14.7 Å². The van der Waals surface area contributed by atoms with Crippen LogP contribution in [0, 0.1) is 5.92 Å². The number of hydrogen-bond donors (Lipinski definition) is 3. The molecule has 1 aliphatic heterocycles. The minimum Gasteiger partial charge on any atom is -0.480 e. The van der Waals surface area contributed by atoms with Gasteiger partial charge in [0.2, 0.25) is 0 Å². The van der Waals surface area contributed by atoms with Gasteiger partial charge in [0, 0.05) is 31.2 Å². The molecule has 3 aliphatic rings. The maximum absolute atomic E-state index is 12.4. The normalized spacial score (nSPS) is 25.0. The number of anilines is 1. The number of ether oxygens (including phenoxy) is 2. The summed E-state index contributed by atoms with van der Waals surface area (Å²) in [6, 6.07) is 13.3. The Morgan fingerprint density at radius 2 is 1.97 bits per heavy atom. The second-order valence-electron chi connectivity index (χ2n) is 10.6. The van der Waals surface area contributed by atoms with Gasteiger partial charge in [-0.3, -0.25) is 0 Å². The topological polar surface area (TPSA) is 110 Å². The number of carbonyl (C=O) groups excluding carboxylic acids is 1. The summed E-state index contributed by atoms with van der Waals surface area (Å²) in [5.41, 5.74) is 3.59. The van der Waals surface area contributed by atoms with Crippen LogP contribution in [-0.4, -0.2) is 53.6 Å². The highest BCUT2D eigenvalue weighted by atomic mass is 16.6. The molecule has 3 N–H and O–H groups in total. The van der Waals surface area contributed by atoms with E-state index in [1.807, 2.05) is 30.3 Å². The Balaban J connectivity index is 0.976. The zero-order chi connectivity index (χ0) is 25.6. The molecule has 37 heavy (non-hydrogen) atoms. The number of carboxylic acid groups (broad SMARTS) is 1. The van der Waals surface area contributed by atoms with E-state index in [1.165, 1.54) is 12.0 Å². The summed E-state index contributed by atoms with van der Waals surface area (Å²) in [5.74, 6) is 0.754. The van der Waals surface area contributed by atoms with Crippen LogP contribution in [-0.2, 0) is 27.1 Å². The third kappa shape index (κ3) is 6.60. The average molecular weight is 508 g/mol. The molecule has 0 spiro atoms. The predicted molar refractivity (Wildman–Crippen MR) is 140 cm³/mol. The first kappa shape index (κ1) is 25.5. The predicted octanol–water partition coefficient (Wildman–Crippen LogP) is 4.68. The van der Waals surface area contributed by atoms with Crippen LogP contribution in [0.15, 0.2) is 42.5 Å². The Bertz CT molecular complexity index is 1070. The number of nitrogens with one attached hydrogen (secondary N) is 2. The molecule has 2 heterocycles. The number of carboxylic acids is 1. The largest absolute Gasteiger partial charge is 0.480 e. The monoisotopic (exact) mass is 507 g/mol. The maximum Gasteiger partial charge on any atom is 0.408 e. The van der Waals surface area contributed by atoms with Crippen molar-refractivity contribution in [3.05, 3.63) is 59.3 Å². The van der Waals surface area contributed by atoms with Crippen molar-refractivity contribution < 1.29 is 24.2 Å². The fourth-order valence-electron chi connectivity index (χ4n) is 5.52. The number of amides is 1. The Labute approximate surface area is 218 Å². The fraction of sp³-hybridized carbons (Fsp3) is 0.552. The van der Waals surface area contributed by atoms with Crippen molar-refractivity contribution in [2.75, 3.05) is 18.5 Å². The molecule has 2 aromatic rings. The van der Waals surface area contributed by atoms with Crippen molar-refractivity contribution in [3.63, 3.8) is 0 Å². The van der Waals surface area contributed by atoms with Crippen molar-refractivity contribution in [2.45, 2.75) is 82.0 Å². The number of hydrogen-bond acceptors (Lipinski definition) is 6. The summed E-state index contributed by atoms with van der Waals surface area (Å²) in [6.07, 6.45) is 7.52. The standard InChI is InChI=1S/C29H37N3O5/c33-28(34)25(32-29(35)37-26-13-12-24(26)20-5-2-1-3-6-20)14-16-36-23-17-19(18-23)8-10-22-11-9-21-7-4-15-30-27(21)31-22/h1-3,5-6,9,11,19,23-26H,4,7-8,10,12-18H2,(H,30,31)(H,32,35)(H,33,34)/t19-,23-,24?,25?,26?. The van der Waals surface area contributed by atoms with Gasteiger partial charge in [0.25, 0.3) is 0 Å². The van der Waals surface area contributed by atoms with Crippen LogP contribution in [0.4, 0.5) is 10.6 Å². The molecule has 2 fully saturated rings. The molecule has 2 saturated carbocycles. The molecule has 8 heteroatoms. The number of fused-ring (bicyclic) bond motifs is 1. The smallest absolute Gasteiger partial charge is 0.408 e. The third-order valence-electron chi connectivity index (χ3n) is 8.00. The van der Waals surface area contributed by atoms with Crippen LogP contribution in [0.2, 0.25) is 0 Å². The van der Waals surface area contributed by atoms with Gasteiger partial charge in [-0.2, -0.15) is 0 Å². The fourth-order valence-corrected chi connectivity index (χ4v) is 5.52. The van der Waals surface area contributed by atoms with Crippen molar-refractivity contribution in [1.29, 1.82) is 0 Å². The second kappa shape index (κ2) is 11.9. The van der Waals surface area contributed by atoms with Crippen LogP contribution in [0.1, 0.15) is 67.7 Å². The van der Waals surface area contributed by atoms with Crippen molar-refractivity contribution in [1.82, 2.24) is 10.3 Å². The van der Waals surface area contributed by atoms with Crippen LogP contribution in [0.5, 0.6) is 0 Å². The number of carbonyl (C=O) groups is 2. The summed E-state index contributed by atoms with van der Waals surface area (Å²) >= 11 is 0. The number of aryl methyl sites for hydroxylation is 2. The summed E-state index contributed by atoms with van der Waals surface area (Å²) < 4.78 is 11.4.